The molecule has 0 saturated heterocycles. The lowest BCUT2D eigenvalue weighted by Gasteiger charge is -2.27. The lowest BCUT2D eigenvalue weighted by molar-refractivity contribution is -0.137. The zero-order valence-electron chi connectivity index (χ0n) is 11.9. The quantitative estimate of drug-likeness (QED) is 0.877. The summed E-state index contributed by atoms with van der Waals surface area (Å²) in [6, 6.07) is 7.00. The number of hydrogen-bond acceptors (Lipinski definition) is 3. The summed E-state index contributed by atoms with van der Waals surface area (Å²) >= 11 is 0. The lowest BCUT2D eigenvalue weighted by Crippen LogP contribution is -2.29. The van der Waals surface area contributed by atoms with E-state index in [0.29, 0.717) is 16.4 Å². The highest BCUT2D eigenvalue weighted by Crippen LogP contribution is 2.47. The van der Waals surface area contributed by atoms with Crippen molar-refractivity contribution in [3.8, 4) is 0 Å². The standard InChI is InChI=1S/C16H20O4S/c17-16(18)10-14(11-8-9-11)13-6-1-2-7-15(13)21(19,20)12-4-3-5-12/h1-2,6-7,11-12,14H,3-5,8-10H2,(H,17,18). The van der Waals surface area contributed by atoms with E-state index in [1.54, 1.807) is 18.2 Å². The summed E-state index contributed by atoms with van der Waals surface area (Å²) in [5.74, 6) is -0.713. The van der Waals surface area contributed by atoms with Gasteiger partial charge in [-0.2, -0.15) is 0 Å². The molecule has 0 amide bonds. The van der Waals surface area contributed by atoms with Gasteiger partial charge in [-0.25, -0.2) is 8.42 Å². The second kappa shape index (κ2) is 5.44. The van der Waals surface area contributed by atoms with E-state index in [1.807, 2.05) is 6.07 Å². The van der Waals surface area contributed by atoms with Crippen LogP contribution < -0.4 is 0 Å². The normalized spacial score (nSPS) is 20.8. The first-order valence-corrected chi connectivity index (χ1v) is 9.09. The minimum atomic E-state index is -3.31. The molecule has 3 rings (SSSR count). The zero-order valence-corrected chi connectivity index (χ0v) is 12.7. The smallest absolute Gasteiger partial charge is 0.303 e. The van der Waals surface area contributed by atoms with Crippen molar-refractivity contribution in [1.29, 1.82) is 0 Å². The van der Waals surface area contributed by atoms with Gasteiger partial charge in [0, 0.05) is 0 Å². The van der Waals surface area contributed by atoms with Gasteiger partial charge in [-0.3, -0.25) is 4.79 Å². The fourth-order valence-electron chi connectivity index (χ4n) is 3.12. The van der Waals surface area contributed by atoms with Crippen molar-refractivity contribution in [1.82, 2.24) is 0 Å². The summed E-state index contributed by atoms with van der Waals surface area (Å²) in [5, 5.41) is 8.86. The summed E-state index contributed by atoms with van der Waals surface area (Å²) in [6.07, 6.45) is 4.42. The Morgan fingerprint density at radius 1 is 1.19 bits per heavy atom. The predicted molar refractivity (Wildman–Crippen MR) is 79.0 cm³/mol. The van der Waals surface area contributed by atoms with Crippen LogP contribution in [-0.2, 0) is 14.6 Å². The third kappa shape index (κ3) is 2.84. The Kier molecular flexibility index (Phi) is 3.78. The molecule has 0 radical (unpaired) electrons. The first kappa shape index (κ1) is 14.6. The van der Waals surface area contributed by atoms with Crippen LogP contribution in [-0.4, -0.2) is 24.7 Å². The second-order valence-corrected chi connectivity index (χ2v) is 8.37. The van der Waals surface area contributed by atoms with Crippen LogP contribution in [0.25, 0.3) is 0 Å². The van der Waals surface area contributed by atoms with Gasteiger partial charge >= 0.3 is 5.97 Å². The molecule has 0 aliphatic heterocycles. The minimum absolute atomic E-state index is 0.0157. The molecule has 2 saturated carbocycles. The van der Waals surface area contributed by atoms with E-state index in [-0.39, 0.29) is 17.6 Å². The van der Waals surface area contributed by atoms with Crippen molar-refractivity contribution in [3.63, 3.8) is 0 Å². The van der Waals surface area contributed by atoms with Crippen molar-refractivity contribution < 1.29 is 18.3 Å². The van der Waals surface area contributed by atoms with Gasteiger partial charge < -0.3 is 5.11 Å². The summed E-state index contributed by atoms with van der Waals surface area (Å²) in [4.78, 5) is 11.5. The van der Waals surface area contributed by atoms with Gasteiger partial charge in [-0.1, -0.05) is 24.6 Å². The number of carboxylic acids is 1. The van der Waals surface area contributed by atoms with Gasteiger partial charge in [-0.15, -0.1) is 0 Å². The summed E-state index contributed by atoms with van der Waals surface area (Å²) in [5.41, 5.74) is 0.717. The van der Waals surface area contributed by atoms with Crippen LogP contribution in [0.4, 0.5) is 0 Å². The molecule has 0 spiro atoms. The van der Waals surface area contributed by atoms with Crippen molar-refractivity contribution >= 4 is 15.8 Å². The molecule has 1 unspecified atom stereocenters. The molecule has 21 heavy (non-hydrogen) atoms. The van der Waals surface area contributed by atoms with E-state index in [9.17, 15) is 13.2 Å². The van der Waals surface area contributed by atoms with E-state index < -0.39 is 15.8 Å². The summed E-state index contributed by atoms with van der Waals surface area (Å²) in [7, 11) is -3.31. The Morgan fingerprint density at radius 3 is 2.38 bits per heavy atom. The molecule has 2 fully saturated rings. The molecule has 1 N–H and O–H groups in total. The van der Waals surface area contributed by atoms with Crippen molar-refractivity contribution in [2.75, 3.05) is 0 Å². The van der Waals surface area contributed by atoms with Crippen LogP contribution in [0.15, 0.2) is 29.2 Å². The third-order valence-corrected chi connectivity index (χ3v) is 7.04. The van der Waals surface area contributed by atoms with Gasteiger partial charge in [0.2, 0.25) is 0 Å². The molecule has 2 aliphatic carbocycles. The maximum Gasteiger partial charge on any atom is 0.303 e. The van der Waals surface area contributed by atoms with Gasteiger partial charge in [-0.05, 0) is 49.1 Å². The van der Waals surface area contributed by atoms with Crippen LogP contribution >= 0.6 is 0 Å². The molecule has 0 bridgehead atoms. The first-order valence-electron chi connectivity index (χ1n) is 7.55. The molecule has 114 valence electrons. The van der Waals surface area contributed by atoms with Gasteiger partial charge in [0.1, 0.15) is 0 Å². The fourth-order valence-corrected chi connectivity index (χ4v) is 5.25. The average molecular weight is 308 g/mol. The van der Waals surface area contributed by atoms with Crippen LogP contribution in [0.5, 0.6) is 0 Å². The SMILES string of the molecule is O=C(O)CC(c1ccccc1S(=O)(=O)C1CCC1)C1CC1. The topological polar surface area (TPSA) is 71.4 Å². The Balaban J connectivity index is 2.00. The van der Waals surface area contributed by atoms with Crippen LogP contribution in [0.3, 0.4) is 0 Å². The molecule has 2 aliphatic rings. The lowest BCUT2D eigenvalue weighted by atomic mass is 9.91. The molecule has 5 heteroatoms. The van der Waals surface area contributed by atoms with E-state index in [1.165, 1.54) is 0 Å². The average Bonchev–Trinajstić information content (AvgIpc) is 3.17. The van der Waals surface area contributed by atoms with Crippen LogP contribution in [0.2, 0.25) is 0 Å². The van der Waals surface area contributed by atoms with E-state index >= 15 is 0 Å². The molecule has 0 aromatic heterocycles. The highest BCUT2D eigenvalue weighted by atomic mass is 32.2. The number of benzene rings is 1. The van der Waals surface area contributed by atoms with Crippen molar-refractivity contribution in [3.05, 3.63) is 29.8 Å². The van der Waals surface area contributed by atoms with E-state index in [2.05, 4.69) is 0 Å². The number of sulfone groups is 1. The third-order valence-electron chi connectivity index (χ3n) is 4.70. The molecule has 1 aromatic rings. The van der Waals surface area contributed by atoms with Crippen LogP contribution in [0.1, 0.15) is 50.0 Å². The molecule has 0 heterocycles. The summed E-state index contributed by atoms with van der Waals surface area (Å²) < 4.78 is 25.4. The Morgan fingerprint density at radius 2 is 1.86 bits per heavy atom. The molecular formula is C16H20O4S. The summed E-state index contributed by atoms with van der Waals surface area (Å²) in [6.45, 7) is 0. The molecule has 1 aromatic carbocycles. The number of carbonyl (C=O) groups is 1. The van der Waals surface area contributed by atoms with Crippen molar-refractivity contribution in [2.24, 2.45) is 5.92 Å². The number of carboxylic acid groups (broad SMARTS) is 1. The zero-order chi connectivity index (χ0) is 15.0. The molecule has 4 nitrogen and oxygen atoms in total. The van der Waals surface area contributed by atoms with Gasteiger partial charge in [0.25, 0.3) is 0 Å². The molecule has 1 atom stereocenters. The monoisotopic (exact) mass is 308 g/mol. The second-order valence-electron chi connectivity index (χ2n) is 6.18. The number of rotatable bonds is 6. The molecular weight excluding hydrogens is 288 g/mol. The number of aliphatic carboxylic acids is 1. The van der Waals surface area contributed by atoms with E-state index in [0.717, 1.165) is 32.1 Å². The number of hydrogen-bond donors (Lipinski definition) is 1. The first-order chi connectivity index (χ1) is 10.00. The predicted octanol–water partition coefficient (Wildman–Crippen LogP) is 2.98. The fraction of sp³-hybridized carbons (Fsp3) is 0.562. The Labute approximate surface area is 125 Å². The Bertz CT molecular complexity index is 642. The Hall–Kier alpha value is -1.36. The van der Waals surface area contributed by atoms with Crippen LogP contribution in [0, 0.1) is 5.92 Å². The van der Waals surface area contributed by atoms with Gasteiger partial charge in [0.05, 0.1) is 16.6 Å². The maximum atomic E-state index is 12.7. The largest absolute Gasteiger partial charge is 0.481 e. The highest BCUT2D eigenvalue weighted by molar-refractivity contribution is 7.92. The maximum absolute atomic E-state index is 12.7. The highest BCUT2D eigenvalue weighted by Gasteiger charge is 2.39. The van der Waals surface area contributed by atoms with Crippen molar-refractivity contribution in [2.45, 2.75) is 54.6 Å². The minimum Gasteiger partial charge on any atom is -0.481 e. The van der Waals surface area contributed by atoms with Gasteiger partial charge in [0.15, 0.2) is 9.84 Å². The van der Waals surface area contributed by atoms with E-state index in [4.69, 9.17) is 5.11 Å².